The fourth-order valence-electron chi connectivity index (χ4n) is 4.55. The lowest BCUT2D eigenvalue weighted by atomic mass is 9.84. The molecule has 0 fully saturated rings. The van der Waals surface area contributed by atoms with Crippen molar-refractivity contribution in [3.8, 4) is 0 Å². The standard InChI is InChI=1S/C27H35NO/c1-21(2)24-14-15-26-25(20-24)12-9-13-27(26)28(17-7-4-8-19-29)18-16-23-11-6-5-10-22(23)3/h5-6,10-11,14-15,19-20,27H,1,4,7-9,12-13,16-18H2,2-3H3. The van der Waals surface area contributed by atoms with Crippen molar-refractivity contribution in [2.75, 3.05) is 13.1 Å². The Labute approximate surface area is 176 Å². The molecular formula is C27H35NO. The molecule has 0 aliphatic heterocycles. The minimum absolute atomic E-state index is 0.484. The Hall–Kier alpha value is -2.19. The van der Waals surface area contributed by atoms with Gasteiger partial charge in [-0.2, -0.15) is 0 Å². The first kappa shape index (κ1) is 21.5. The molecular weight excluding hydrogens is 354 g/mol. The molecule has 0 amide bonds. The molecule has 0 saturated carbocycles. The minimum Gasteiger partial charge on any atom is -0.303 e. The van der Waals surface area contributed by atoms with E-state index < -0.39 is 0 Å². The van der Waals surface area contributed by atoms with Gasteiger partial charge >= 0.3 is 0 Å². The van der Waals surface area contributed by atoms with Crippen LogP contribution < -0.4 is 0 Å². The number of aldehydes is 1. The van der Waals surface area contributed by atoms with Crippen molar-refractivity contribution in [2.45, 2.75) is 64.8 Å². The number of allylic oxidation sites excluding steroid dienone is 1. The average Bonchev–Trinajstić information content (AvgIpc) is 2.73. The van der Waals surface area contributed by atoms with Crippen LogP contribution in [0.1, 0.15) is 72.9 Å². The monoisotopic (exact) mass is 389 g/mol. The number of unbranched alkanes of at least 4 members (excludes halogenated alkanes) is 2. The van der Waals surface area contributed by atoms with Gasteiger partial charge in [0.2, 0.25) is 0 Å². The summed E-state index contributed by atoms with van der Waals surface area (Å²) in [6.07, 6.45) is 8.51. The Morgan fingerprint density at radius 3 is 2.76 bits per heavy atom. The molecule has 2 aromatic carbocycles. The molecule has 2 aromatic rings. The van der Waals surface area contributed by atoms with Gasteiger partial charge in [0.15, 0.2) is 0 Å². The molecule has 29 heavy (non-hydrogen) atoms. The number of carbonyl (C=O) groups is 1. The summed E-state index contributed by atoms with van der Waals surface area (Å²) in [7, 11) is 0. The Kier molecular flexibility index (Phi) is 7.83. The normalized spacial score (nSPS) is 15.9. The molecule has 0 aromatic heterocycles. The van der Waals surface area contributed by atoms with Gasteiger partial charge in [0.05, 0.1) is 0 Å². The summed E-state index contributed by atoms with van der Waals surface area (Å²) in [5, 5.41) is 0. The van der Waals surface area contributed by atoms with Crippen molar-refractivity contribution in [1.82, 2.24) is 4.90 Å². The van der Waals surface area contributed by atoms with Crippen LogP contribution in [0.3, 0.4) is 0 Å². The number of aryl methyl sites for hydroxylation is 2. The highest BCUT2D eigenvalue weighted by atomic mass is 16.1. The van der Waals surface area contributed by atoms with E-state index in [1.807, 2.05) is 0 Å². The third kappa shape index (κ3) is 5.67. The largest absolute Gasteiger partial charge is 0.303 e. The molecule has 1 atom stereocenters. The number of nitrogens with zero attached hydrogens (tertiary/aromatic N) is 1. The lowest BCUT2D eigenvalue weighted by Gasteiger charge is -2.36. The van der Waals surface area contributed by atoms with E-state index in [9.17, 15) is 4.79 Å². The Balaban J connectivity index is 1.79. The van der Waals surface area contributed by atoms with Gasteiger partial charge in [0.25, 0.3) is 0 Å². The molecule has 154 valence electrons. The van der Waals surface area contributed by atoms with Gasteiger partial charge in [-0.25, -0.2) is 0 Å². The lowest BCUT2D eigenvalue weighted by Crippen LogP contribution is -2.34. The summed E-state index contributed by atoms with van der Waals surface area (Å²) in [4.78, 5) is 13.4. The molecule has 0 heterocycles. The van der Waals surface area contributed by atoms with Crippen molar-refractivity contribution < 1.29 is 4.79 Å². The van der Waals surface area contributed by atoms with E-state index in [2.05, 4.69) is 67.8 Å². The van der Waals surface area contributed by atoms with Crippen LogP contribution in [0, 0.1) is 6.92 Å². The maximum atomic E-state index is 10.7. The molecule has 0 N–H and O–H groups in total. The van der Waals surface area contributed by atoms with Crippen LogP contribution in [0.2, 0.25) is 0 Å². The number of rotatable bonds is 10. The quantitative estimate of drug-likeness (QED) is 0.350. The molecule has 3 rings (SSSR count). The molecule has 2 heteroatoms. The molecule has 0 radical (unpaired) electrons. The van der Waals surface area contributed by atoms with Gasteiger partial charge in [-0.3, -0.25) is 4.90 Å². The molecule has 1 aliphatic rings. The van der Waals surface area contributed by atoms with Crippen molar-refractivity contribution in [3.63, 3.8) is 0 Å². The maximum absolute atomic E-state index is 10.7. The number of hydrogen-bond acceptors (Lipinski definition) is 2. The summed E-state index contributed by atoms with van der Waals surface area (Å²) in [6.45, 7) is 10.5. The second kappa shape index (κ2) is 10.5. The molecule has 2 nitrogen and oxygen atoms in total. The van der Waals surface area contributed by atoms with Crippen LogP contribution in [-0.2, 0) is 17.6 Å². The fourth-order valence-corrected chi connectivity index (χ4v) is 4.55. The highest BCUT2D eigenvalue weighted by Gasteiger charge is 2.26. The fraction of sp³-hybridized carbons (Fsp3) is 0.444. The summed E-state index contributed by atoms with van der Waals surface area (Å²) in [6, 6.07) is 16.2. The SMILES string of the molecule is C=C(C)c1ccc2c(c1)CCCC2N(CCCCC=O)CCc1ccccc1C. The van der Waals surface area contributed by atoms with E-state index in [0.717, 1.165) is 44.2 Å². The summed E-state index contributed by atoms with van der Waals surface area (Å²) in [5.41, 5.74) is 8.22. The Morgan fingerprint density at radius 2 is 2.00 bits per heavy atom. The predicted octanol–water partition coefficient (Wildman–Crippen LogP) is 6.32. The number of fused-ring (bicyclic) bond motifs is 1. The number of hydrogen-bond donors (Lipinski definition) is 0. The topological polar surface area (TPSA) is 20.3 Å². The molecule has 0 saturated heterocycles. The minimum atomic E-state index is 0.484. The maximum Gasteiger partial charge on any atom is 0.119 e. The highest BCUT2D eigenvalue weighted by Crippen LogP contribution is 2.36. The molecule has 0 bridgehead atoms. The van der Waals surface area contributed by atoms with Gasteiger partial charge in [-0.05, 0) is 86.7 Å². The van der Waals surface area contributed by atoms with E-state index in [-0.39, 0.29) is 0 Å². The molecule has 1 unspecified atom stereocenters. The lowest BCUT2D eigenvalue weighted by molar-refractivity contribution is -0.107. The summed E-state index contributed by atoms with van der Waals surface area (Å²) in [5.74, 6) is 0. The first-order chi connectivity index (χ1) is 14.1. The van der Waals surface area contributed by atoms with Crippen LogP contribution in [-0.4, -0.2) is 24.3 Å². The van der Waals surface area contributed by atoms with Crippen LogP contribution in [0.15, 0.2) is 49.0 Å². The third-order valence-electron chi connectivity index (χ3n) is 6.31. The van der Waals surface area contributed by atoms with Crippen LogP contribution in [0.4, 0.5) is 0 Å². The van der Waals surface area contributed by atoms with Crippen molar-refractivity contribution >= 4 is 11.9 Å². The van der Waals surface area contributed by atoms with Gasteiger partial charge in [0.1, 0.15) is 6.29 Å². The van der Waals surface area contributed by atoms with E-state index in [0.29, 0.717) is 12.5 Å². The van der Waals surface area contributed by atoms with Crippen molar-refractivity contribution in [2.24, 2.45) is 0 Å². The van der Waals surface area contributed by atoms with Crippen LogP contribution in [0.5, 0.6) is 0 Å². The van der Waals surface area contributed by atoms with E-state index in [1.165, 1.54) is 47.1 Å². The van der Waals surface area contributed by atoms with Gasteiger partial charge in [-0.1, -0.05) is 54.6 Å². The van der Waals surface area contributed by atoms with E-state index >= 15 is 0 Å². The molecule has 0 spiro atoms. The second-order valence-corrected chi connectivity index (χ2v) is 8.48. The Bertz CT molecular complexity index is 838. The van der Waals surface area contributed by atoms with Crippen molar-refractivity contribution in [3.05, 3.63) is 76.9 Å². The Morgan fingerprint density at radius 1 is 1.17 bits per heavy atom. The van der Waals surface area contributed by atoms with E-state index in [1.54, 1.807) is 0 Å². The number of benzene rings is 2. The second-order valence-electron chi connectivity index (χ2n) is 8.48. The summed E-state index contributed by atoms with van der Waals surface area (Å²) < 4.78 is 0. The van der Waals surface area contributed by atoms with Gasteiger partial charge in [0, 0.05) is 19.0 Å². The van der Waals surface area contributed by atoms with Gasteiger partial charge < -0.3 is 4.79 Å². The first-order valence-electron chi connectivity index (χ1n) is 11.1. The zero-order chi connectivity index (χ0) is 20.6. The smallest absolute Gasteiger partial charge is 0.119 e. The van der Waals surface area contributed by atoms with E-state index in [4.69, 9.17) is 0 Å². The van der Waals surface area contributed by atoms with Gasteiger partial charge in [-0.15, -0.1) is 0 Å². The summed E-state index contributed by atoms with van der Waals surface area (Å²) >= 11 is 0. The number of carbonyl (C=O) groups excluding carboxylic acids is 1. The highest BCUT2D eigenvalue weighted by molar-refractivity contribution is 5.62. The van der Waals surface area contributed by atoms with Crippen LogP contribution >= 0.6 is 0 Å². The zero-order valence-corrected chi connectivity index (χ0v) is 18.1. The predicted molar refractivity (Wildman–Crippen MR) is 123 cm³/mol. The van der Waals surface area contributed by atoms with Crippen LogP contribution in [0.25, 0.3) is 5.57 Å². The van der Waals surface area contributed by atoms with Crippen molar-refractivity contribution in [1.29, 1.82) is 0 Å². The first-order valence-corrected chi connectivity index (χ1v) is 11.1. The zero-order valence-electron chi connectivity index (χ0n) is 18.1. The third-order valence-corrected chi connectivity index (χ3v) is 6.31. The molecule has 1 aliphatic carbocycles. The average molecular weight is 390 g/mol.